The summed E-state index contributed by atoms with van der Waals surface area (Å²) in [7, 11) is 6.96. The Morgan fingerprint density at radius 2 is 0.981 bits per heavy atom. The number of hydrogen-bond donors (Lipinski definition) is 8. The minimum atomic E-state index is -1.50. The van der Waals surface area contributed by atoms with Gasteiger partial charge in [0.05, 0.1) is 63.3 Å². The number of carbonyl (C=O) groups excluding carboxylic acids is 6. The molecule has 12 atom stereocenters. The molecule has 577 valence electrons. The molecule has 8 N–H and O–H groups in total. The summed E-state index contributed by atoms with van der Waals surface area (Å²) >= 11 is 0. The SMILES string of the molecule is COc1c(C)cc2c(c1O)[C@@H]1C3Cc4c(OC(C)=O)c(C)c5c(c4[C@H](CNC(=O)[C@H](C)NC(=O)Cc4ccccc4)N3[C@@H](C#N)[C@H](C2)N1C)OCO5.COc1c(C)cc2c(c1O)[C@@H]1C3Cc4c(OC(C)=O)c(C)c5c(c4[C@H](CNC(=O)[C@H](C)NC(=O)Cc4ccccc4)N3[C@@H](O)[C@H](C2)N1C)OCO5.O=[N+]([O-])O.[Ag]. The number of amides is 4. The number of benzene rings is 6. The standard InChI is InChI=1S/C39H43N5O8.C38H44N4O9.Ag.HNO3/c1-19-12-24-14-26-28(16-40)44-27(33(43(26)5)31(24)34(47)35(19)49-6)15-25-32(38-37(50-18-51-38)20(2)36(25)52-22(4)45)29(44)17-41-39(48)21(3)42-30(46)13-23-10-8-7-9-11-23;1-18-12-23-14-26-38(47)42-25(31(41(26)5)29(23)32(45)33(18)48-6)15-24-30(36-35(49-17-50-36)19(2)34(24)51-21(4)43)27(42)16-39-37(46)20(3)40-28(44)13-22-10-8-7-9-11-22;;2-1(3)4/h7-12,21,26-29,33,47H,13-15,17-18H2,1-6H3,(H,41,48)(H,42,46);7-12,20,25-27,31,38,45,47H,13-17H2,1-6H3,(H,39,46)(H,40,44);;(H,2,3,4)/t21-,26-,27?,28-,29-,33-;20-,25?,26-,27-,31-,38-;;/m00../s1. The Morgan fingerprint density at radius 1 is 0.602 bits per heavy atom. The number of aliphatic hydroxyl groups is 1. The molecule has 31 heteroatoms. The van der Waals surface area contributed by atoms with Crippen molar-refractivity contribution in [1.29, 1.82) is 5.26 Å². The van der Waals surface area contributed by atoms with E-state index in [1.54, 1.807) is 13.8 Å². The molecule has 2 saturated heterocycles. The van der Waals surface area contributed by atoms with Crippen molar-refractivity contribution >= 4 is 35.6 Å². The molecular weight excluding hydrogens is 1490 g/mol. The molecule has 6 aromatic carbocycles. The normalized spacial score (nSPS) is 22.6. The van der Waals surface area contributed by atoms with Crippen LogP contribution in [-0.2, 0) is 89.7 Å². The summed E-state index contributed by atoms with van der Waals surface area (Å²) < 4.78 is 47.1. The number of hydrogen-bond acceptors (Lipinski definition) is 24. The van der Waals surface area contributed by atoms with Crippen LogP contribution in [-0.4, -0.2) is 184 Å². The van der Waals surface area contributed by atoms with Crippen molar-refractivity contribution < 1.29 is 115 Å². The Bertz CT molecular complexity index is 4580. The molecule has 8 aliphatic rings. The predicted molar refractivity (Wildman–Crippen MR) is 382 cm³/mol. The van der Waals surface area contributed by atoms with Gasteiger partial charge in [0.2, 0.25) is 37.2 Å². The average Bonchev–Trinajstić information content (AvgIpc) is 0.955. The molecule has 8 heterocycles. The zero-order valence-electron chi connectivity index (χ0n) is 61.7. The van der Waals surface area contributed by atoms with E-state index >= 15 is 0 Å². The van der Waals surface area contributed by atoms with Crippen molar-refractivity contribution in [3.8, 4) is 63.6 Å². The van der Waals surface area contributed by atoms with Crippen molar-refractivity contribution in [3.05, 3.63) is 161 Å². The fourth-order valence-corrected chi connectivity index (χ4v) is 17.4. The smallest absolute Gasteiger partial charge is 0.308 e. The maximum absolute atomic E-state index is 13.7. The summed E-state index contributed by atoms with van der Waals surface area (Å²) in [5.41, 5.74) is 10.5. The van der Waals surface area contributed by atoms with E-state index in [1.165, 1.54) is 28.1 Å². The quantitative estimate of drug-likeness (QED) is 0.0190. The van der Waals surface area contributed by atoms with E-state index in [2.05, 4.69) is 42.0 Å². The number of nitriles is 1. The number of phenolic OH excluding ortho intramolecular Hbond substituents is 2. The van der Waals surface area contributed by atoms with Gasteiger partial charge in [0.25, 0.3) is 5.09 Å². The first kappa shape index (κ1) is 78.8. The van der Waals surface area contributed by atoms with E-state index in [0.717, 1.165) is 38.9 Å². The molecule has 0 spiro atoms. The second-order valence-corrected chi connectivity index (χ2v) is 28.2. The van der Waals surface area contributed by atoms with Crippen LogP contribution < -0.4 is 59.2 Å². The molecule has 2 fully saturated rings. The minimum absolute atomic E-state index is 0. The van der Waals surface area contributed by atoms with Gasteiger partial charge in [0, 0.05) is 112 Å². The van der Waals surface area contributed by atoms with Crippen molar-refractivity contribution in [3.63, 3.8) is 0 Å². The number of likely N-dealkylation sites (N-methyl/N-ethyl adjacent to an activating group) is 2. The molecule has 8 aliphatic heterocycles. The molecule has 0 aliphatic carbocycles. The summed E-state index contributed by atoms with van der Waals surface area (Å²) in [5, 5.41) is 71.9. The van der Waals surface area contributed by atoms with Crippen LogP contribution in [0.4, 0.5) is 0 Å². The molecule has 6 aromatic rings. The third-order valence-electron chi connectivity index (χ3n) is 21.7. The summed E-state index contributed by atoms with van der Waals surface area (Å²) in [5.74, 6) is 1.01. The number of fused-ring (bicyclic) bond motifs is 18. The number of nitrogens with zero attached hydrogens (tertiary/aromatic N) is 6. The predicted octanol–water partition coefficient (Wildman–Crippen LogP) is 5.69. The molecule has 0 aromatic heterocycles. The van der Waals surface area contributed by atoms with Crippen molar-refractivity contribution in [1.82, 2.24) is 40.9 Å². The largest absolute Gasteiger partial charge is 0.504 e. The van der Waals surface area contributed by atoms with Gasteiger partial charge in [-0.25, -0.2) is 0 Å². The Labute approximate surface area is 639 Å². The van der Waals surface area contributed by atoms with Crippen molar-refractivity contribution in [2.75, 3.05) is 55.0 Å². The number of nitrogens with one attached hydrogen (secondary N) is 4. The molecule has 0 saturated carbocycles. The summed E-state index contributed by atoms with van der Waals surface area (Å²) in [6, 6.07) is 19.2. The van der Waals surface area contributed by atoms with E-state index in [9.17, 15) is 49.3 Å². The molecule has 4 bridgehead atoms. The molecule has 14 rings (SSSR count). The maximum atomic E-state index is 13.7. The van der Waals surface area contributed by atoms with E-state index in [4.69, 9.17) is 53.2 Å². The Hall–Kier alpha value is -10.2. The fraction of sp³-hybridized carbons (Fsp3) is 0.442. The van der Waals surface area contributed by atoms with Gasteiger partial charge in [-0.1, -0.05) is 72.8 Å². The van der Waals surface area contributed by atoms with Crippen LogP contribution in [0, 0.1) is 49.1 Å². The van der Waals surface area contributed by atoms with Crippen LogP contribution in [0.5, 0.6) is 57.5 Å². The van der Waals surface area contributed by atoms with Gasteiger partial charge in [0.15, 0.2) is 46.0 Å². The third kappa shape index (κ3) is 14.7. The van der Waals surface area contributed by atoms with Crippen LogP contribution in [0.1, 0.15) is 130 Å². The van der Waals surface area contributed by atoms with Gasteiger partial charge in [-0.15, -0.1) is 10.1 Å². The van der Waals surface area contributed by atoms with Crippen molar-refractivity contribution in [2.45, 2.75) is 167 Å². The molecular formula is C77H88AgN10O20. The topological polar surface area (TPSA) is 385 Å². The minimum Gasteiger partial charge on any atom is -0.504 e. The van der Waals surface area contributed by atoms with E-state index in [0.29, 0.717) is 111 Å². The molecule has 4 amide bonds. The van der Waals surface area contributed by atoms with Gasteiger partial charge >= 0.3 is 11.9 Å². The van der Waals surface area contributed by atoms with Gasteiger partial charge < -0.3 is 79.7 Å². The van der Waals surface area contributed by atoms with Crippen LogP contribution in [0.25, 0.3) is 0 Å². The second-order valence-electron chi connectivity index (χ2n) is 28.2. The number of carbonyl (C=O) groups is 6. The number of rotatable bonds is 16. The van der Waals surface area contributed by atoms with Crippen LogP contribution in [0.15, 0.2) is 72.8 Å². The van der Waals surface area contributed by atoms with Crippen LogP contribution >= 0.6 is 0 Å². The summed E-state index contributed by atoms with van der Waals surface area (Å²) in [4.78, 5) is 94.7. The van der Waals surface area contributed by atoms with Gasteiger partial charge in [0.1, 0.15) is 35.9 Å². The Kier molecular flexibility index (Phi) is 23.6. The number of esters is 2. The number of aliphatic hydroxyl groups excluding tert-OH is 1. The second kappa shape index (κ2) is 32.3. The number of piperazine rings is 2. The molecule has 30 nitrogen and oxygen atoms in total. The van der Waals surface area contributed by atoms with Crippen LogP contribution in [0.3, 0.4) is 0 Å². The fourth-order valence-electron chi connectivity index (χ4n) is 17.4. The van der Waals surface area contributed by atoms with E-state index in [-0.39, 0.29) is 97.3 Å². The Morgan fingerprint density at radius 3 is 1.38 bits per heavy atom. The van der Waals surface area contributed by atoms with Crippen molar-refractivity contribution in [2.24, 2.45) is 0 Å². The molecule has 1 radical (unpaired) electrons. The van der Waals surface area contributed by atoms with Gasteiger partial charge in [-0.2, -0.15) is 5.26 Å². The van der Waals surface area contributed by atoms with E-state index in [1.807, 2.05) is 119 Å². The maximum Gasteiger partial charge on any atom is 0.308 e. The monoisotopic (exact) mass is 1580 g/mol. The summed E-state index contributed by atoms with van der Waals surface area (Å²) in [6.45, 7) is 13.3. The average molecular weight is 1580 g/mol. The number of aromatic hydroxyl groups is 2. The number of phenols is 2. The first-order chi connectivity index (χ1) is 51.1. The third-order valence-corrected chi connectivity index (χ3v) is 21.7. The van der Waals surface area contributed by atoms with Gasteiger partial charge in [-0.3, -0.25) is 48.4 Å². The number of aryl methyl sites for hydroxylation is 2. The molecule has 108 heavy (non-hydrogen) atoms. The summed E-state index contributed by atoms with van der Waals surface area (Å²) in [6.07, 6.45) is 0.885. The zero-order chi connectivity index (χ0) is 76.9. The molecule has 2 unspecified atom stereocenters. The Balaban J connectivity index is 0.000000203. The van der Waals surface area contributed by atoms with Gasteiger partial charge in [-0.05, 0) is 115 Å². The van der Waals surface area contributed by atoms with E-state index < -0.39 is 89.4 Å². The number of methoxy groups -OCH3 is 2. The first-order valence-electron chi connectivity index (χ1n) is 35.3. The van der Waals surface area contributed by atoms with Crippen LogP contribution in [0.2, 0.25) is 0 Å². The zero-order valence-corrected chi connectivity index (χ0v) is 63.2. The number of ether oxygens (including phenoxy) is 8. The first-order valence-corrected chi connectivity index (χ1v) is 35.3.